The van der Waals surface area contributed by atoms with Crippen molar-refractivity contribution < 1.29 is 19.1 Å². The second-order valence-corrected chi connectivity index (χ2v) is 7.06. The summed E-state index contributed by atoms with van der Waals surface area (Å²) < 4.78 is 10.4. The van der Waals surface area contributed by atoms with Crippen molar-refractivity contribution in [3.05, 3.63) is 71.4 Å². The number of carbonyl (C=O) groups excluding carboxylic acids is 2. The van der Waals surface area contributed by atoms with E-state index in [-0.39, 0.29) is 5.69 Å². The van der Waals surface area contributed by atoms with Gasteiger partial charge in [0.1, 0.15) is 11.4 Å². The van der Waals surface area contributed by atoms with Crippen molar-refractivity contribution in [2.45, 2.75) is 26.2 Å². The molecule has 1 heterocycles. The highest BCUT2D eigenvalue weighted by Gasteiger charge is 2.10. The second kappa shape index (κ2) is 11.5. The minimum Gasteiger partial charge on any atom is -0.494 e. The highest BCUT2D eigenvalue weighted by atomic mass is 16.5. The fourth-order valence-electron chi connectivity index (χ4n) is 2.90. The van der Waals surface area contributed by atoms with E-state index in [1.54, 1.807) is 30.3 Å². The summed E-state index contributed by atoms with van der Waals surface area (Å²) in [6.45, 7) is 2.86. The van der Waals surface area contributed by atoms with Crippen LogP contribution in [0.5, 0.6) is 5.75 Å². The van der Waals surface area contributed by atoms with Crippen LogP contribution < -0.4 is 10.2 Å². The number of hydrazone groups is 1. The van der Waals surface area contributed by atoms with Gasteiger partial charge in [0.25, 0.3) is 5.91 Å². The SMILES string of the molecule is CCCCCOc1ccc(-c2cc(C(=O)NN=Cc3ccc(C(=O)OC)cc3)[nH]n2)cc1. The summed E-state index contributed by atoms with van der Waals surface area (Å²) in [6, 6.07) is 15.9. The normalized spacial score (nSPS) is 10.8. The Morgan fingerprint density at radius 3 is 2.53 bits per heavy atom. The third-order valence-corrected chi connectivity index (χ3v) is 4.70. The quantitative estimate of drug-likeness (QED) is 0.215. The molecule has 8 nitrogen and oxygen atoms in total. The fourth-order valence-corrected chi connectivity index (χ4v) is 2.90. The smallest absolute Gasteiger partial charge is 0.337 e. The Morgan fingerprint density at radius 2 is 1.84 bits per heavy atom. The summed E-state index contributed by atoms with van der Waals surface area (Å²) >= 11 is 0. The predicted octanol–water partition coefficient (Wildman–Crippen LogP) is 4.20. The van der Waals surface area contributed by atoms with E-state index in [2.05, 4.69) is 32.4 Å². The number of hydrogen-bond donors (Lipinski definition) is 2. The van der Waals surface area contributed by atoms with E-state index in [1.807, 2.05) is 24.3 Å². The first-order chi connectivity index (χ1) is 15.6. The van der Waals surface area contributed by atoms with Crippen molar-refractivity contribution in [1.82, 2.24) is 15.6 Å². The highest BCUT2D eigenvalue weighted by Crippen LogP contribution is 2.21. The highest BCUT2D eigenvalue weighted by molar-refractivity contribution is 5.94. The van der Waals surface area contributed by atoms with Crippen LogP contribution in [0.15, 0.2) is 59.7 Å². The first-order valence-corrected chi connectivity index (χ1v) is 10.4. The Morgan fingerprint density at radius 1 is 1.09 bits per heavy atom. The average molecular weight is 434 g/mol. The lowest BCUT2D eigenvalue weighted by Crippen LogP contribution is -2.18. The first kappa shape index (κ1) is 22.7. The Hall–Kier alpha value is -3.94. The summed E-state index contributed by atoms with van der Waals surface area (Å²) in [5, 5.41) is 10.9. The van der Waals surface area contributed by atoms with E-state index in [1.165, 1.54) is 13.3 Å². The molecule has 0 bridgehead atoms. The summed E-state index contributed by atoms with van der Waals surface area (Å²) in [5.41, 5.74) is 5.42. The predicted molar refractivity (Wildman–Crippen MR) is 122 cm³/mol. The molecule has 0 unspecified atom stereocenters. The van der Waals surface area contributed by atoms with Gasteiger partial charge in [-0.25, -0.2) is 10.2 Å². The molecule has 0 saturated carbocycles. The maximum atomic E-state index is 12.3. The molecule has 0 atom stereocenters. The van der Waals surface area contributed by atoms with E-state index in [9.17, 15) is 9.59 Å². The first-order valence-electron chi connectivity index (χ1n) is 10.4. The monoisotopic (exact) mass is 434 g/mol. The Bertz CT molecular complexity index is 1060. The summed E-state index contributed by atoms with van der Waals surface area (Å²) in [7, 11) is 1.33. The number of nitrogens with zero attached hydrogens (tertiary/aromatic N) is 2. The number of carbonyl (C=O) groups is 2. The number of rotatable bonds is 10. The van der Waals surface area contributed by atoms with Crippen molar-refractivity contribution in [3.63, 3.8) is 0 Å². The van der Waals surface area contributed by atoms with Gasteiger partial charge in [0.15, 0.2) is 0 Å². The maximum Gasteiger partial charge on any atom is 0.337 e. The van der Waals surface area contributed by atoms with Crippen LogP contribution in [-0.4, -0.2) is 42.0 Å². The molecule has 0 aliphatic rings. The molecule has 8 heteroatoms. The zero-order valence-corrected chi connectivity index (χ0v) is 18.1. The van der Waals surface area contributed by atoms with E-state index in [0.717, 1.165) is 36.1 Å². The van der Waals surface area contributed by atoms with Gasteiger partial charge in [0.2, 0.25) is 0 Å². The van der Waals surface area contributed by atoms with E-state index in [0.29, 0.717) is 17.9 Å². The van der Waals surface area contributed by atoms with Gasteiger partial charge < -0.3 is 9.47 Å². The zero-order chi connectivity index (χ0) is 22.8. The molecule has 3 aromatic rings. The number of nitrogens with one attached hydrogen (secondary N) is 2. The van der Waals surface area contributed by atoms with Gasteiger partial charge in [-0.05, 0) is 54.4 Å². The van der Waals surface area contributed by atoms with Gasteiger partial charge in [0.05, 0.1) is 31.2 Å². The molecular weight excluding hydrogens is 408 g/mol. The van der Waals surface area contributed by atoms with Crippen molar-refractivity contribution in [2.75, 3.05) is 13.7 Å². The van der Waals surface area contributed by atoms with E-state index < -0.39 is 11.9 Å². The maximum absolute atomic E-state index is 12.3. The number of aromatic amines is 1. The van der Waals surface area contributed by atoms with Crippen LogP contribution >= 0.6 is 0 Å². The van der Waals surface area contributed by atoms with Gasteiger partial charge >= 0.3 is 5.97 Å². The van der Waals surface area contributed by atoms with Crippen molar-refractivity contribution in [3.8, 4) is 17.0 Å². The molecule has 0 radical (unpaired) electrons. The summed E-state index contributed by atoms with van der Waals surface area (Å²) in [6.07, 6.45) is 4.83. The third kappa shape index (κ3) is 6.28. The van der Waals surface area contributed by atoms with Gasteiger partial charge in [-0.1, -0.05) is 31.9 Å². The van der Waals surface area contributed by atoms with Gasteiger partial charge in [0, 0.05) is 5.56 Å². The standard InChI is InChI=1S/C24H26N4O4/c1-3-4-5-14-32-20-12-10-18(11-13-20)21-15-22(27-26-21)23(29)28-25-16-17-6-8-19(9-7-17)24(30)31-2/h6-13,15-16H,3-5,14H2,1-2H3,(H,26,27)(H,28,29). The second-order valence-electron chi connectivity index (χ2n) is 7.06. The molecule has 166 valence electrons. The lowest BCUT2D eigenvalue weighted by molar-refractivity contribution is 0.0600. The lowest BCUT2D eigenvalue weighted by atomic mass is 10.1. The van der Waals surface area contributed by atoms with Gasteiger partial charge in [-0.3, -0.25) is 9.89 Å². The van der Waals surface area contributed by atoms with Crippen LogP contribution in [0.3, 0.4) is 0 Å². The molecule has 2 aromatic carbocycles. The molecular formula is C24H26N4O4. The number of benzene rings is 2. The van der Waals surface area contributed by atoms with Crippen LogP contribution in [0.1, 0.15) is 52.6 Å². The fraction of sp³-hybridized carbons (Fsp3) is 0.250. The number of methoxy groups -OCH3 is 1. The average Bonchev–Trinajstić information content (AvgIpc) is 3.33. The molecule has 0 aliphatic heterocycles. The number of H-pyrrole nitrogens is 1. The van der Waals surface area contributed by atoms with Crippen LogP contribution in [0.2, 0.25) is 0 Å². The summed E-state index contributed by atoms with van der Waals surface area (Å²) in [4.78, 5) is 23.8. The number of esters is 1. The molecule has 0 fully saturated rings. The lowest BCUT2D eigenvalue weighted by Gasteiger charge is -2.06. The molecule has 1 amide bonds. The Balaban J connectivity index is 1.54. The zero-order valence-electron chi connectivity index (χ0n) is 18.1. The van der Waals surface area contributed by atoms with E-state index >= 15 is 0 Å². The molecule has 0 aliphatic carbocycles. The third-order valence-electron chi connectivity index (χ3n) is 4.70. The minimum absolute atomic E-state index is 0.290. The molecule has 32 heavy (non-hydrogen) atoms. The van der Waals surface area contributed by atoms with Crippen LogP contribution in [0.25, 0.3) is 11.3 Å². The van der Waals surface area contributed by atoms with Gasteiger partial charge in [-0.2, -0.15) is 10.2 Å². The van der Waals surface area contributed by atoms with Crippen molar-refractivity contribution in [2.24, 2.45) is 5.10 Å². The van der Waals surface area contributed by atoms with Crippen LogP contribution in [0, 0.1) is 0 Å². The largest absolute Gasteiger partial charge is 0.494 e. The minimum atomic E-state index is -0.415. The number of unbranched alkanes of at least 4 members (excludes halogenated alkanes) is 2. The number of hydrogen-bond acceptors (Lipinski definition) is 6. The molecule has 0 spiro atoms. The molecule has 1 aromatic heterocycles. The van der Waals surface area contributed by atoms with Gasteiger partial charge in [-0.15, -0.1) is 0 Å². The summed E-state index contributed by atoms with van der Waals surface area (Å²) in [5.74, 6) is -0.0136. The Labute approximate surface area is 186 Å². The van der Waals surface area contributed by atoms with Crippen LogP contribution in [0.4, 0.5) is 0 Å². The van der Waals surface area contributed by atoms with Crippen molar-refractivity contribution in [1.29, 1.82) is 0 Å². The molecule has 0 saturated heterocycles. The number of ether oxygens (including phenoxy) is 2. The van der Waals surface area contributed by atoms with Crippen molar-refractivity contribution >= 4 is 18.1 Å². The van der Waals surface area contributed by atoms with E-state index in [4.69, 9.17) is 4.74 Å². The van der Waals surface area contributed by atoms with Crippen LogP contribution in [-0.2, 0) is 4.74 Å². The Kier molecular flexibility index (Phi) is 8.14. The number of aromatic nitrogens is 2. The molecule has 3 rings (SSSR count). The molecule has 2 N–H and O–H groups in total. The topological polar surface area (TPSA) is 106 Å². The number of amides is 1.